The van der Waals surface area contributed by atoms with Crippen molar-refractivity contribution in [1.82, 2.24) is 0 Å². The van der Waals surface area contributed by atoms with Gasteiger partial charge in [-0.3, -0.25) is 9.59 Å². The molecule has 2 saturated heterocycles. The minimum atomic E-state index is -1.40. The zero-order valence-electron chi connectivity index (χ0n) is 18.2. The van der Waals surface area contributed by atoms with E-state index in [1.165, 1.54) is 0 Å². The van der Waals surface area contributed by atoms with Gasteiger partial charge in [-0.2, -0.15) is 0 Å². The first-order valence-electron chi connectivity index (χ1n) is 11.2. The van der Waals surface area contributed by atoms with Gasteiger partial charge in [0.05, 0.1) is 18.3 Å². The molecule has 0 aromatic heterocycles. The lowest BCUT2D eigenvalue weighted by Crippen LogP contribution is -2.57. The molecule has 6 unspecified atom stereocenters. The molecular formula is C24H27NO8. The lowest BCUT2D eigenvalue weighted by Gasteiger charge is -2.55. The van der Waals surface area contributed by atoms with Crippen LogP contribution in [0, 0.1) is 22.7 Å². The number of carbonyl (C=O) groups is 3. The maximum Gasteiger partial charge on any atom is 0.339 e. The molecule has 0 radical (unpaired) electrons. The number of nitrogens with one attached hydrogen (secondary N) is 1. The molecule has 4 fully saturated rings. The van der Waals surface area contributed by atoms with E-state index in [9.17, 15) is 29.7 Å². The highest BCUT2D eigenvalue weighted by Gasteiger charge is 2.72. The first-order chi connectivity index (χ1) is 15.5. The van der Waals surface area contributed by atoms with Crippen molar-refractivity contribution in [2.24, 2.45) is 22.7 Å². The van der Waals surface area contributed by atoms with E-state index in [0.29, 0.717) is 6.42 Å². The van der Waals surface area contributed by atoms with E-state index >= 15 is 0 Å². The number of carbonyl (C=O) groups excluding carboxylic acids is 2. The number of benzene rings is 1. The highest BCUT2D eigenvalue weighted by atomic mass is 16.5. The second-order valence-corrected chi connectivity index (χ2v) is 10.2. The minimum absolute atomic E-state index is 0.0358. The Hall–Kier alpha value is -2.91. The Morgan fingerprint density at radius 3 is 2.70 bits per heavy atom. The molecule has 2 heterocycles. The third-order valence-electron chi connectivity index (χ3n) is 8.50. The molecule has 5 N–H and O–H groups in total. The van der Waals surface area contributed by atoms with Crippen LogP contribution in [0.4, 0.5) is 5.69 Å². The summed E-state index contributed by atoms with van der Waals surface area (Å²) in [5, 5.41) is 41.7. The predicted octanol–water partition coefficient (Wildman–Crippen LogP) is 2.21. The zero-order chi connectivity index (χ0) is 23.8. The van der Waals surface area contributed by atoms with Crippen LogP contribution in [0.1, 0.15) is 49.4 Å². The van der Waals surface area contributed by atoms with E-state index in [2.05, 4.69) is 5.32 Å². The molecule has 9 nitrogen and oxygen atoms in total. The van der Waals surface area contributed by atoms with E-state index in [4.69, 9.17) is 9.84 Å². The molecule has 2 aliphatic heterocycles. The summed E-state index contributed by atoms with van der Waals surface area (Å²) in [6.45, 7) is 1.82. The molecule has 5 aliphatic rings. The number of hydrogen-bond acceptors (Lipinski definition) is 7. The highest BCUT2D eigenvalue weighted by Crippen LogP contribution is 2.71. The van der Waals surface area contributed by atoms with Crippen molar-refractivity contribution >= 4 is 23.3 Å². The van der Waals surface area contributed by atoms with Gasteiger partial charge in [-0.1, -0.05) is 13.0 Å². The molecule has 1 aromatic rings. The largest absolute Gasteiger partial charge is 0.506 e. The van der Waals surface area contributed by atoms with Gasteiger partial charge in [-0.25, -0.2) is 4.79 Å². The Bertz CT molecular complexity index is 1100. The van der Waals surface area contributed by atoms with Crippen molar-refractivity contribution in [3.05, 3.63) is 29.8 Å². The number of aliphatic hydroxyl groups is 1. The Labute approximate surface area is 190 Å². The number of ether oxygens (including phenoxy) is 1. The number of carboxylic acids is 1. The maximum atomic E-state index is 13.1. The average molecular weight is 457 g/mol. The van der Waals surface area contributed by atoms with Crippen molar-refractivity contribution in [3.8, 4) is 11.5 Å². The number of phenolic OH excluding ortho intramolecular Hbond substituents is 1. The normalized spacial score (nSPS) is 37.9. The summed E-state index contributed by atoms with van der Waals surface area (Å²) in [4.78, 5) is 37.0. The van der Waals surface area contributed by atoms with Gasteiger partial charge in [0, 0.05) is 17.8 Å². The standard InChI is InChI=1S/C24H27NO8/c1-22(6-5-17(29)25-18-14(27)3-2-13(19(18)30)21(31)32)16(28)4-7-23-9-12-8-15(20(22)23)33-24(12,10-23)11-26/h2-4,7,12,15,20,26-27,30H,5-6,8-11H2,1H3,(H,25,29)(H,31,32). The number of aromatic hydroxyl groups is 2. The van der Waals surface area contributed by atoms with Crippen LogP contribution >= 0.6 is 0 Å². The molecule has 3 aliphatic carbocycles. The lowest BCUT2D eigenvalue weighted by molar-refractivity contribution is -0.181. The Kier molecular flexibility index (Phi) is 4.68. The van der Waals surface area contributed by atoms with Crippen LogP contribution in [-0.4, -0.2) is 56.4 Å². The second kappa shape index (κ2) is 7.04. The van der Waals surface area contributed by atoms with Crippen LogP contribution in [0.15, 0.2) is 24.3 Å². The average Bonchev–Trinajstić information content (AvgIpc) is 3.17. The van der Waals surface area contributed by atoms with Crippen molar-refractivity contribution < 1.29 is 39.5 Å². The molecule has 33 heavy (non-hydrogen) atoms. The third-order valence-corrected chi connectivity index (χ3v) is 8.50. The minimum Gasteiger partial charge on any atom is -0.506 e. The molecule has 1 spiro atoms. The summed E-state index contributed by atoms with van der Waals surface area (Å²) in [7, 11) is 0. The molecule has 1 amide bonds. The SMILES string of the molecule is CC1(CCC(=O)Nc2c(O)ccc(C(=O)O)c2O)C(=O)C=CC23CC4CC(OC4(CO)C2)C31. The number of ketones is 1. The summed E-state index contributed by atoms with van der Waals surface area (Å²) in [5.41, 5.74) is -2.44. The van der Waals surface area contributed by atoms with Crippen LogP contribution in [-0.2, 0) is 14.3 Å². The number of aromatic carboxylic acids is 1. The Morgan fingerprint density at radius 2 is 2.03 bits per heavy atom. The molecule has 2 saturated carbocycles. The van der Waals surface area contributed by atoms with Crippen LogP contribution < -0.4 is 5.32 Å². The summed E-state index contributed by atoms with van der Waals surface area (Å²) in [5.74, 6) is -3.05. The second-order valence-electron chi connectivity index (χ2n) is 10.2. The quantitative estimate of drug-likeness (QED) is 0.408. The molecule has 6 atom stereocenters. The van der Waals surface area contributed by atoms with Gasteiger partial charge >= 0.3 is 5.97 Å². The van der Waals surface area contributed by atoms with Gasteiger partial charge in [0.1, 0.15) is 17.0 Å². The number of aliphatic hydroxyl groups excluding tert-OH is 1. The van der Waals surface area contributed by atoms with Gasteiger partial charge in [0.25, 0.3) is 0 Å². The monoisotopic (exact) mass is 457 g/mol. The van der Waals surface area contributed by atoms with Gasteiger partial charge < -0.3 is 30.5 Å². The van der Waals surface area contributed by atoms with E-state index in [0.717, 1.165) is 25.0 Å². The Morgan fingerprint density at radius 1 is 1.27 bits per heavy atom. The maximum absolute atomic E-state index is 13.1. The number of amides is 1. The summed E-state index contributed by atoms with van der Waals surface area (Å²) < 4.78 is 6.31. The van der Waals surface area contributed by atoms with E-state index in [1.54, 1.807) is 6.08 Å². The molecule has 176 valence electrons. The summed E-state index contributed by atoms with van der Waals surface area (Å²) in [6, 6.07) is 2.12. The van der Waals surface area contributed by atoms with E-state index in [1.807, 2.05) is 13.0 Å². The molecule has 9 heteroatoms. The van der Waals surface area contributed by atoms with E-state index < -0.39 is 40.0 Å². The third kappa shape index (κ3) is 2.95. The van der Waals surface area contributed by atoms with Crippen LogP contribution in [0.3, 0.4) is 0 Å². The summed E-state index contributed by atoms with van der Waals surface area (Å²) >= 11 is 0. The number of allylic oxidation sites excluding steroid dienone is 2. The van der Waals surface area contributed by atoms with Crippen LogP contribution in [0.25, 0.3) is 0 Å². The fourth-order valence-corrected chi connectivity index (χ4v) is 7.11. The smallest absolute Gasteiger partial charge is 0.339 e. The van der Waals surface area contributed by atoms with Crippen molar-refractivity contribution in [2.75, 3.05) is 11.9 Å². The number of hydrogen-bond donors (Lipinski definition) is 5. The fraction of sp³-hybridized carbons (Fsp3) is 0.542. The molecule has 1 aromatic carbocycles. The first kappa shape index (κ1) is 21.9. The van der Waals surface area contributed by atoms with Crippen LogP contribution in [0.2, 0.25) is 0 Å². The predicted molar refractivity (Wildman–Crippen MR) is 115 cm³/mol. The number of phenols is 2. The van der Waals surface area contributed by atoms with Gasteiger partial charge in [-0.05, 0) is 55.2 Å². The molecule has 4 bridgehead atoms. The van der Waals surface area contributed by atoms with Crippen LogP contribution in [0.5, 0.6) is 11.5 Å². The first-order valence-corrected chi connectivity index (χ1v) is 11.2. The lowest BCUT2D eigenvalue weighted by atomic mass is 9.51. The summed E-state index contributed by atoms with van der Waals surface area (Å²) in [6.07, 6.45) is 5.91. The van der Waals surface area contributed by atoms with Crippen molar-refractivity contribution in [2.45, 2.75) is 50.7 Å². The number of carboxylic acid groups (broad SMARTS) is 1. The number of rotatable bonds is 6. The topological polar surface area (TPSA) is 153 Å². The molecule has 6 rings (SSSR count). The zero-order valence-corrected chi connectivity index (χ0v) is 18.2. The van der Waals surface area contributed by atoms with Crippen molar-refractivity contribution in [1.29, 1.82) is 0 Å². The van der Waals surface area contributed by atoms with Gasteiger partial charge in [-0.15, -0.1) is 0 Å². The van der Waals surface area contributed by atoms with Gasteiger partial charge in [0.2, 0.25) is 5.91 Å². The highest BCUT2D eigenvalue weighted by molar-refractivity contribution is 6.00. The Balaban J connectivity index is 1.36. The van der Waals surface area contributed by atoms with E-state index in [-0.39, 0.29) is 54.3 Å². The van der Waals surface area contributed by atoms with Gasteiger partial charge in [0.15, 0.2) is 11.5 Å². The van der Waals surface area contributed by atoms with Crippen molar-refractivity contribution in [3.63, 3.8) is 0 Å². The fourth-order valence-electron chi connectivity index (χ4n) is 7.11. The number of anilines is 1. The molecular weight excluding hydrogens is 430 g/mol.